The molecule has 0 saturated heterocycles. The molecule has 0 saturated carbocycles. The van der Waals surface area contributed by atoms with Gasteiger partial charge in [-0.3, -0.25) is 0 Å². The molecule has 0 spiro atoms. The molecule has 1 atom stereocenters. The molecule has 0 bridgehead atoms. The van der Waals surface area contributed by atoms with E-state index in [4.69, 9.17) is 5.73 Å². The third kappa shape index (κ3) is 4.58. The van der Waals surface area contributed by atoms with Crippen molar-refractivity contribution < 1.29 is 13.2 Å². The van der Waals surface area contributed by atoms with E-state index in [1.54, 1.807) is 26.1 Å². The summed E-state index contributed by atoms with van der Waals surface area (Å²) < 4.78 is 40.5. The Balaban J connectivity index is 1.61. The lowest BCUT2D eigenvalue weighted by atomic mass is 10.0. The van der Waals surface area contributed by atoms with Crippen molar-refractivity contribution in [1.82, 2.24) is 15.0 Å². The third-order valence-electron chi connectivity index (χ3n) is 5.09. The summed E-state index contributed by atoms with van der Waals surface area (Å²) in [6, 6.07) is 6.98. The highest BCUT2D eigenvalue weighted by Crippen LogP contribution is 2.35. The fraction of sp³-hybridized carbons (Fsp3) is 0.286. The third-order valence-corrected chi connectivity index (χ3v) is 5.56. The van der Waals surface area contributed by atoms with Gasteiger partial charge in [-0.25, -0.2) is 15.0 Å². The van der Waals surface area contributed by atoms with Crippen LogP contribution in [0.1, 0.15) is 41.2 Å². The van der Waals surface area contributed by atoms with Crippen LogP contribution in [0.5, 0.6) is 0 Å². The number of aromatic nitrogens is 3. The molecule has 3 aromatic rings. The molecular formula is C21H20BrF3N6. The van der Waals surface area contributed by atoms with Crippen LogP contribution in [-0.2, 0) is 19.3 Å². The van der Waals surface area contributed by atoms with Crippen molar-refractivity contribution in [3.05, 3.63) is 69.2 Å². The van der Waals surface area contributed by atoms with Crippen LogP contribution in [0.25, 0.3) is 0 Å². The van der Waals surface area contributed by atoms with Gasteiger partial charge in [-0.05, 0) is 65.7 Å². The average Bonchev–Trinajstić information content (AvgIpc) is 3.11. The van der Waals surface area contributed by atoms with Gasteiger partial charge in [0.05, 0.1) is 30.4 Å². The van der Waals surface area contributed by atoms with Gasteiger partial charge in [0.25, 0.3) is 0 Å². The first-order chi connectivity index (χ1) is 14.6. The monoisotopic (exact) mass is 492 g/mol. The molecule has 1 aliphatic heterocycles. The number of rotatable bonds is 4. The van der Waals surface area contributed by atoms with Crippen LogP contribution in [-0.4, -0.2) is 15.0 Å². The summed E-state index contributed by atoms with van der Waals surface area (Å²) >= 11 is 3.38. The maximum Gasteiger partial charge on any atom is 0.416 e. The van der Waals surface area contributed by atoms with Crippen LogP contribution >= 0.6 is 15.9 Å². The van der Waals surface area contributed by atoms with Crippen LogP contribution in [0.2, 0.25) is 0 Å². The van der Waals surface area contributed by atoms with Crippen molar-refractivity contribution >= 4 is 33.3 Å². The number of nitrogens with zero attached hydrogens (tertiary/aromatic N) is 4. The first-order valence-corrected chi connectivity index (χ1v) is 10.4. The summed E-state index contributed by atoms with van der Waals surface area (Å²) in [7, 11) is 0. The van der Waals surface area contributed by atoms with E-state index in [9.17, 15) is 13.2 Å². The van der Waals surface area contributed by atoms with E-state index in [0.717, 1.165) is 33.7 Å². The Kier molecular flexibility index (Phi) is 5.50. The van der Waals surface area contributed by atoms with Crippen LogP contribution in [0.15, 0.2) is 41.0 Å². The van der Waals surface area contributed by atoms with Crippen molar-refractivity contribution in [3.63, 3.8) is 0 Å². The number of nitrogens with two attached hydrogens (primary N) is 1. The van der Waals surface area contributed by atoms with Crippen molar-refractivity contribution in [3.8, 4) is 0 Å². The second-order valence-electron chi connectivity index (χ2n) is 7.49. The van der Waals surface area contributed by atoms with E-state index in [-0.39, 0.29) is 5.69 Å². The summed E-state index contributed by atoms with van der Waals surface area (Å²) in [4.78, 5) is 15.6. The molecule has 162 valence electrons. The lowest BCUT2D eigenvalue weighted by Crippen LogP contribution is -2.16. The highest BCUT2D eigenvalue weighted by atomic mass is 79.9. The predicted molar refractivity (Wildman–Crippen MR) is 116 cm³/mol. The standard InChI is InChI=1S/C21H20BrF3N6/c1-11(13-5-14(21(23,24)25)7-16(26)6-13)28-20-17-9-31(10-18(17)29-12(2)30-20)19-4-3-15(22)8-27-19/h3-8,11H,9-10,26H2,1-2H3,(H,28,29,30)/t11-/m1/s1. The van der Waals surface area contributed by atoms with Crippen LogP contribution < -0.4 is 16.0 Å². The molecule has 0 amide bonds. The van der Waals surface area contributed by atoms with Crippen molar-refractivity contribution in [2.24, 2.45) is 0 Å². The minimum Gasteiger partial charge on any atom is -0.399 e. The topological polar surface area (TPSA) is 80.0 Å². The molecule has 0 unspecified atom stereocenters. The number of nitrogens with one attached hydrogen (secondary N) is 1. The van der Waals surface area contributed by atoms with Gasteiger partial charge >= 0.3 is 6.18 Å². The van der Waals surface area contributed by atoms with E-state index in [1.165, 1.54) is 0 Å². The Labute approximate surface area is 185 Å². The average molecular weight is 493 g/mol. The number of nitrogen functional groups attached to an aromatic ring is 1. The number of anilines is 3. The van der Waals surface area contributed by atoms with Crippen LogP contribution in [0, 0.1) is 6.92 Å². The molecule has 4 rings (SSSR count). The van der Waals surface area contributed by atoms with Gasteiger partial charge in [0.1, 0.15) is 17.5 Å². The first-order valence-electron chi connectivity index (χ1n) is 9.57. The number of benzene rings is 1. The molecule has 3 heterocycles. The second kappa shape index (κ2) is 7.99. The molecule has 1 aromatic carbocycles. The zero-order valence-corrected chi connectivity index (χ0v) is 18.4. The molecule has 6 nitrogen and oxygen atoms in total. The first kappa shape index (κ1) is 21.4. The molecular weight excluding hydrogens is 473 g/mol. The number of hydrogen-bond donors (Lipinski definition) is 2. The zero-order chi connectivity index (χ0) is 22.3. The summed E-state index contributed by atoms with van der Waals surface area (Å²) in [6.45, 7) is 4.69. The number of aryl methyl sites for hydroxylation is 1. The molecule has 1 aliphatic rings. The predicted octanol–water partition coefficient (Wildman–Crippen LogP) is 5.24. The Morgan fingerprint density at radius 1 is 1.16 bits per heavy atom. The largest absolute Gasteiger partial charge is 0.416 e. The quantitative estimate of drug-likeness (QED) is 0.485. The van der Waals surface area contributed by atoms with E-state index in [2.05, 4.69) is 41.1 Å². The zero-order valence-electron chi connectivity index (χ0n) is 16.8. The Hall–Kier alpha value is -2.88. The molecule has 0 fully saturated rings. The highest BCUT2D eigenvalue weighted by molar-refractivity contribution is 9.10. The maximum absolute atomic E-state index is 13.2. The van der Waals surface area contributed by atoms with Gasteiger partial charge in [-0.1, -0.05) is 0 Å². The van der Waals surface area contributed by atoms with Crippen LogP contribution in [0.3, 0.4) is 0 Å². The fourth-order valence-electron chi connectivity index (χ4n) is 3.59. The molecule has 31 heavy (non-hydrogen) atoms. The maximum atomic E-state index is 13.2. The number of fused-ring (bicyclic) bond motifs is 1. The summed E-state index contributed by atoms with van der Waals surface area (Å²) in [5.74, 6) is 2.00. The van der Waals surface area contributed by atoms with Crippen molar-refractivity contribution in [2.45, 2.75) is 39.2 Å². The van der Waals surface area contributed by atoms with E-state index < -0.39 is 17.8 Å². The summed E-state index contributed by atoms with van der Waals surface area (Å²) in [5, 5.41) is 3.26. The van der Waals surface area contributed by atoms with E-state index >= 15 is 0 Å². The normalized spacial score (nSPS) is 14.5. The Morgan fingerprint density at radius 3 is 2.61 bits per heavy atom. The number of alkyl halides is 3. The van der Waals surface area contributed by atoms with Gasteiger partial charge in [0.2, 0.25) is 0 Å². The van der Waals surface area contributed by atoms with Gasteiger partial charge < -0.3 is 16.0 Å². The Bertz CT molecular complexity index is 1120. The fourth-order valence-corrected chi connectivity index (χ4v) is 3.83. The Morgan fingerprint density at radius 2 is 1.94 bits per heavy atom. The van der Waals surface area contributed by atoms with Crippen LogP contribution in [0.4, 0.5) is 30.5 Å². The molecule has 3 N–H and O–H groups in total. The molecule has 10 heteroatoms. The van der Waals surface area contributed by atoms with Gasteiger partial charge in [0.15, 0.2) is 0 Å². The summed E-state index contributed by atoms with van der Waals surface area (Å²) in [6.07, 6.45) is -2.73. The van der Waals surface area contributed by atoms with Crippen molar-refractivity contribution in [2.75, 3.05) is 16.0 Å². The van der Waals surface area contributed by atoms with E-state index in [1.807, 2.05) is 12.1 Å². The number of pyridine rings is 1. The van der Waals surface area contributed by atoms with Crippen molar-refractivity contribution in [1.29, 1.82) is 0 Å². The molecule has 2 aromatic heterocycles. The van der Waals surface area contributed by atoms with E-state index in [0.29, 0.717) is 30.3 Å². The SMILES string of the molecule is Cc1nc2c(c(N[C@H](C)c3cc(N)cc(C(F)(F)F)c3)n1)CN(c1ccc(Br)cn1)C2. The summed E-state index contributed by atoms with van der Waals surface area (Å²) in [5.41, 5.74) is 7.23. The lowest BCUT2D eigenvalue weighted by molar-refractivity contribution is -0.137. The van der Waals surface area contributed by atoms with Gasteiger partial charge in [-0.15, -0.1) is 0 Å². The molecule has 0 radical (unpaired) electrons. The second-order valence-corrected chi connectivity index (χ2v) is 8.40. The number of hydrogen-bond acceptors (Lipinski definition) is 6. The smallest absolute Gasteiger partial charge is 0.399 e. The lowest BCUT2D eigenvalue weighted by Gasteiger charge is -2.20. The molecule has 0 aliphatic carbocycles. The van der Waals surface area contributed by atoms with Gasteiger partial charge in [0, 0.05) is 21.9 Å². The minimum absolute atomic E-state index is 0.0649. The minimum atomic E-state index is -4.46. The highest BCUT2D eigenvalue weighted by Gasteiger charge is 2.32. The van der Waals surface area contributed by atoms with Gasteiger partial charge in [-0.2, -0.15) is 13.2 Å². The number of halogens is 4.